The van der Waals surface area contributed by atoms with E-state index in [0.717, 1.165) is 45.5 Å². The Hall–Kier alpha value is -2.05. The van der Waals surface area contributed by atoms with Crippen LogP contribution in [-0.2, 0) is 4.79 Å². The number of H-pyrrole nitrogens is 1. The number of nitrogens with zero attached hydrogens (tertiary/aromatic N) is 2. The molecule has 0 saturated carbocycles. The maximum absolute atomic E-state index is 13.2. The molecule has 0 unspecified atom stereocenters. The molecule has 32 heavy (non-hydrogen) atoms. The van der Waals surface area contributed by atoms with Crippen molar-refractivity contribution in [3.63, 3.8) is 0 Å². The minimum atomic E-state index is -0.0694. The number of carbonyl (C=O) groups is 2. The zero-order valence-electron chi connectivity index (χ0n) is 19.2. The highest BCUT2D eigenvalue weighted by Crippen LogP contribution is 2.51. The molecule has 1 spiro atoms. The van der Waals surface area contributed by atoms with Crippen LogP contribution in [0.4, 0.5) is 0 Å². The SMILES string of the molecule is C=C(SC1=C(C)C(=O)CC2(CCN(C(=O)c3cc(Cl)c4[nH]ncc4c3)CC2)C1)C(C)(C)C. The average Bonchev–Trinajstić information content (AvgIpc) is 3.20. The maximum Gasteiger partial charge on any atom is 0.253 e. The number of fused-ring (bicyclic) bond motifs is 1. The van der Waals surface area contributed by atoms with Crippen LogP contribution >= 0.6 is 23.4 Å². The van der Waals surface area contributed by atoms with Crippen LogP contribution < -0.4 is 0 Å². The van der Waals surface area contributed by atoms with Crippen molar-refractivity contribution in [2.75, 3.05) is 13.1 Å². The van der Waals surface area contributed by atoms with Gasteiger partial charge >= 0.3 is 0 Å². The molecule has 1 aromatic heterocycles. The van der Waals surface area contributed by atoms with Gasteiger partial charge in [-0.2, -0.15) is 5.10 Å². The molecular weight excluding hydrogens is 442 g/mol. The van der Waals surface area contributed by atoms with E-state index in [1.165, 1.54) is 0 Å². The van der Waals surface area contributed by atoms with Crippen molar-refractivity contribution >= 4 is 46.0 Å². The fourth-order valence-corrected chi connectivity index (χ4v) is 5.95. The van der Waals surface area contributed by atoms with Gasteiger partial charge in [0.1, 0.15) is 0 Å². The van der Waals surface area contributed by atoms with E-state index in [1.807, 2.05) is 17.9 Å². The molecule has 0 atom stereocenters. The van der Waals surface area contributed by atoms with Crippen LogP contribution in [0.3, 0.4) is 0 Å². The Morgan fingerprint density at radius 2 is 1.94 bits per heavy atom. The van der Waals surface area contributed by atoms with Crippen molar-refractivity contribution in [3.8, 4) is 0 Å². The van der Waals surface area contributed by atoms with Gasteiger partial charge in [0.05, 0.1) is 16.7 Å². The van der Waals surface area contributed by atoms with Crippen molar-refractivity contribution in [1.82, 2.24) is 15.1 Å². The highest BCUT2D eigenvalue weighted by Gasteiger charge is 2.42. The van der Waals surface area contributed by atoms with Gasteiger partial charge in [-0.25, -0.2) is 0 Å². The van der Waals surface area contributed by atoms with Gasteiger partial charge in [-0.1, -0.05) is 50.7 Å². The van der Waals surface area contributed by atoms with Gasteiger partial charge < -0.3 is 4.90 Å². The molecule has 2 aromatic rings. The Labute approximate surface area is 198 Å². The first-order valence-electron chi connectivity index (χ1n) is 11.0. The maximum atomic E-state index is 13.2. The summed E-state index contributed by atoms with van der Waals surface area (Å²) in [6.45, 7) is 13.9. The fourth-order valence-electron chi connectivity index (χ4n) is 4.44. The molecule has 2 heterocycles. The smallest absolute Gasteiger partial charge is 0.253 e. The van der Waals surface area contributed by atoms with Crippen LogP contribution in [0.5, 0.6) is 0 Å². The number of benzene rings is 1. The highest BCUT2D eigenvalue weighted by molar-refractivity contribution is 8.06. The lowest BCUT2D eigenvalue weighted by molar-refractivity contribution is -0.119. The predicted molar refractivity (Wildman–Crippen MR) is 132 cm³/mol. The number of nitrogens with one attached hydrogen (secondary N) is 1. The van der Waals surface area contributed by atoms with Gasteiger partial charge in [0.2, 0.25) is 0 Å². The number of rotatable bonds is 3. The second-order valence-corrected chi connectivity index (χ2v) is 11.8. The van der Waals surface area contributed by atoms with E-state index in [4.69, 9.17) is 11.6 Å². The van der Waals surface area contributed by atoms with Crippen LogP contribution in [0.25, 0.3) is 10.9 Å². The van der Waals surface area contributed by atoms with E-state index >= 15 is 0 Å². The Kier molecular flexibility index (Phi) is 6.05. The lowest BCUT2D eigenvalue weighted by Gasteiger charge is -2.44. The molecule has 1 amide bonds. The molecule has 1 aliphatic carbocycles. The standard InChI is InChI=1S/C25H30ClN3O2S/c1-15-20(30)12-25(13-21(15)32-16(2)24(3,4)5)6-8-29(9-7-25)23(31)17-10-18-14-27-28-22(18)19(26)11-17/h10-11,14H,2,6-9,12-13H2,1,3-5H3,(H,27,28). The molecule has 1 fully saturated rings. The monoisotopic (exact) mass is 471 g/mol. The summed E-state index contributed by atoms with van der Waals surface area (Å²) in [5, 5.41) is 8.19. The number of likely N-dealkylation sites (tertiary alicyclic amines) is 1. The highest BCUT2D eigenvalue weighted by atomic mass is 35.5. The van der Waals surface area contributed by atoms with Crippen LogP contribution in [0.2, 0.25) is 5.02 Å². The number of hydrogen-bond donors (Lipinski definition) is 1. The molecule has 7 heteroatoms. The van der Waals surface area contributed by atoms with E-state index in [-0.39, 0.29) is 22.5 Å². The molecule has 170 valence electrons. The van der Waals surface area contributed by atoms with Crippen molar-refractivity contribution in [1.29, 1.82) is 0 Å². The van der Waals surface area contributed by atoms with Gasteiger partial charge in [-0.15, -0.1) is 0 Å². The third kappa shape index (κ3) is 4.40. The average molecular weight is 472 g/mol. The number of Topliss-reactive ketones (excluding diaryl/α,β-unsaturated/α-hetero) is 1. The van der Waals surface area contributed by atoms with Gasteiger partial charge in [-0.05, 0) is 59.0 Å². The molecular formula is C25H30ClN3O2S. The Bertz CT molecular complexity index is 1130. The summed E-state index contributed by atoms with van der Waals surface area (Å²) in [6, 6.07) is 3.54. The summed E-state index contributed by atoms with van der Waals surface area (Å²) in [5.41, 5.74) is 2.12. The van der Waals surface area contributed by atoms with Crippen LogP contribution in [0.15, 0.2) is 40.3 Å². The molecule has 1 aromatic carbocycles. The molecule has 5 nitrogen and oxygen atoms in total. The molecule has 1 aliphatic heterocycles. The van der Waals surface area contributed by atoms with Gasteiger partial charge in [0, 0.05) is 36.0 Å². The number of aromatic amines is 1. The summed E-state index contributed by atoms with van der Waals surface area (Å²) in [4.78, 5) is 30.2. The number of amides is 1. The minimum Gasteiger partial charge on any atom is -0.339 e. The quantitative estimate of drug-likeness (QED) is 0.564. The Balaban J connectivity index is 1.48. The van der Waals surface area contributed by atoms with Crippen molar-refractivity contribution in [3.05, 3.63) is 50.9 Å². The summed E-state index contributed by atoms with van der Waals surface area (Å²) in [6.07, 6.45) is 4.78. The summed E-state index contributed by atoms with van der Waals surface area (Å²) in [5.74, 6) is 0.215. The number of thioether (sulfide) groups is 1. The summed E-state index contributed by atoms with van der Waals surface area (Å²) >= 11 is 8.00. The largest absolute Gasteiger partial charge is 0.339 e. The van der Waals surface area contributed by atoms with Crippen molar-refractivity contribution in [2.45, 2.75) is 53.4 Å². The third-order valence-corrected chi connectivity index (χ3v) is 8.70. The first-order chi connectivity index (χ1) is 15.0. The normalized spacial score (nSPS) is 19.2. The third-order valence-electron chi connectivity index (χ3n) is 6.85. The second-order valence-electron chi connectivity index (χ2n) is 10.2. The molecule has 0 radical (unpaired) electrons. The predicted octanol–water partition coefficient (Wildman–Crippen LogP) is 6.37. The van der Waals surface area contributed by atoms with E-state index in [0.29, 0.717) is 30.1 Å². The summed E-state index contributed by atoms with van der Waals surface area (Å²) in [7, 11) is 0. The van der Waals surface area contributed by atoms with Crippen molar-refractivity contribution in [2.24, 2.45) is 10.8 Å². The van der Waals surface area contributed by atoms with Gasteiger partial charge in [0.15, 0.2) is 5.78 Å². The summed E-state index contributed by atoms with van der Waals surface area (Å²) < 4.78 is 0. The number of halogens is 1. The van der Waals surface area contributed by atoms with E-state index < -0.39 is 0 Å². The van der Waals surface area contributed by atoms with E-state index in [2.05, 4.69) is 37.5 Å². The molecule has 1 N–H and O–H groups in total. The first kappa shape index (κ1) is 23.1. The minimum absolute atomic E-state index is 0.0151. The van der Waals surface area contributed by atoms with E-state index in [1.54, 1.807) is 24.0 Å². The second kappa shape index (κ2) is 8.38. The first-order valence-corrected chi connectivity index (χ1v) is 12.2. The molecule has 1 saturated heterocycles. The zero-order chi connectivity index (χ0) is 23.3. The van der Waals surface area contributed by atoms with Crippen LogP contribution in [0, 0.1) is 10.8 Å². The van der Waals surface area contributed by atoms with Gasteiger partial charge in [0.25, 0.3) is 5.91 Å². The molecule has 2 aliphatic rings. The Morgan fingerprint density at radius 3 is 2.59 bits per heavy atom. The molecule has 4 rings (SSSR count). The number of ketones is 1. The number of carbonyl (C=O) groups excluding carboxylic acids is 2. The zero-order valence-corrected chi connectivity index (χ0v) is 20.8. The number of piperidine rings is 1. The molecule has 0 bridgehead atoms. The fraction of sp³-hybridized carbons (Fsp3) is 0.480. The number of aromatic nitrogens is 2. The topological polar surface area (TPSA) is 66.1 Å². The van der Waals surface area contributed by atoms with Crippen LogP contribution in [0.1, 0.15) is 63.7 Å². The van der Waals surface area contributed by atoms with E-state index in [9.17, 15) is 9.59 Å². The lowest BCUT2D eigenvalue weighted by atomic mass is 9.68. The van der Waals surface area contributed by atoms with Gasteiger partial charge in [-0.3, -0.25) is 14.7 Å². The number of hydrogen-bond acceptors (Lipinski definition) is 4. The lowest BCUT2D eigenvalue weighted by Crippen LogP contribution is -2.45. The van der Waals surface area contributed by atoms with Crippen molar-refractivity contribution < 1.29 is 9.59 Å². The Morgan fingerprint density at radius 1 is 1.25 bits per heavy atom. The number of allylic oxidation sites excluding steroid dienone is 3. The van der Waals surface area contributed by atoms with Crippen LogP contribution in [-0.4, -0.2) is 39.9 Å².